The molecule has 0 radical (unpaired) electrons. The number of para-hydroxylation sites is 7. The summed E-state index contributed by atoms with van der Waals surface area (Å²) in [6.45, 7) is 0. The summed E-state index contributed by atoms with van der Waals surface area (Å²) in [5.41, 5.74) is 28.2. The Hall–Kier alpha value is -17.0. The molecule has 7 aromatic heterocycles. The monoisotopic (exact) mass is 1620 g/mol. The molecule has 0 aliphatic carbocycles. The van der Waals surface area contributed by atoms with Crippen LogP contribution in [-0.4, -0.2) is 27.4 Å². The first-order valence-corrected chi connectivity index (χ1v) is 43.6. The molecular weight excluding hydrogens is 1540 g/mol. The molecule has 127 heavy (non-hydrogen) atoms. The molecule has 0 spiro atoms. The highest BCUT2D eigenvalue weighted by Crippen LogP contribution is 2.48. The van der Waals surface area contributed by atoms with Crippen molar-refractivity contribution < 1.29 is 4.42 Å². The van der Waals surface area contributed by atoms with Crippen molar-refractivity contribution in [2.24, 2.45) is 0 Å². The number of benzene rings is 21. The predicted octanol–water partition coefficient (Wildman–Crippen LogP) is 32.3. The van der Waals surface area contributed by atoms with Crippen LogP contribution in [0.4, 0.5) is 0 Å². The molecule has 28 rings (SSSR count). The number of furan rings is 1. The number of rotatable bonds is 8. The van der Waals surface area contributed by atoms with Crippen molar-refractivity contribution in [3.63, 3.8) is 0 Å². The Labute approximate surface area is 729 Å². The lowest BCUT2D eigenvalue weighted by atomic mass is 10.0. The van der Waals surface area contributed by atoms with E-state index in [4.69, 9.17) is 4.42 Å². The zero-order valence-corrected chi connectivity index (χ0v) is 69.0. The van der Waals surface area contributed by atoms with Crippen molar-refractivity contribution in [2.75, 3.05) is 0 Å². The summed E-state index contributed by atoms with van der Waals surface area (Å²) in [5.74, 6) is 0. The fourth-order valence-corrected chi connectivity index (χ4v) is 20.8. The van der Waals surface area contributed by atoms with Crippen molar-refractivity contribution in [1.82, 2.24) is 27.4 Å². The lowest BCUT2D eigenvalue weighted by molar-refractivity contribution is 0.669. The second kappa shape index (κ2) is 28.8. The lowest BCUT2D eigenvalue weighted by Crippen LogP contribution is -1.96. The maximum absolute atomic E-state index is 6.18. The molecule has 28 aromatic rings. The van der Waals surface area contributed by atoms with Gasteiger partial charge in [-0.05, 0) is 178 Å². The highest BCUT2D eigenvalue weighted by atomic mass is 16.3. The third-order valence-electron chi connectivity index (χ3n) is 26.4. The second-order valence-electron chi connectivity index (χ2n) is 33.4. The fourth-order valence-electron chi connectivity index (χ4n) is 20.8. The maximum atomic E-state index is 6.18. The van der Waals surface area contributed by atoms with Crippen molar-refractivity contribution in [3.05, 3.63) is 461 Å². The minimum Gasteiger partial charge on any atom is -0.456 e. The first kappa shape index (κ1) is 71.7. The van der Waals surface area contributed by atoms with Gasteiger partial charge in [-0.3, -0.25) is 0 Å². The van der Waals surface area contributed by atoms with Gasteiger partial charge in [0.25, 0.3) is 0 Å². The Bertz CT molecular complexity index is 9310. The van der Waals surface area contributed by atoms with Gasteiger partial charge < -0.3 is 31.8 Å². The molecule has 0 unspecified atom stereocenters. The van der Waals surface area contributed by atoms with E-state index < -0.39 is 0 Å². The van der Waals surface area contributed by atoms with E-state index in [9.17, 15) is 0 Å². The standard InChI is InChI=1S/C40H24N2O.2C40H26N2/c1-2-11-26(12-3-1)42-37-24-36-32(23-33(37)31-20-18-25-10-4-5-13-28(25)40(31)42)29-14-6-8-16-35(29)41(36)27-19-21-39-34(22-27)30-15-7-9-17-38(30)43-39;1-3-12-27(13-4-1)29-15-11-18-31(24-29)41-37-21-10-9-20-33(37)35-25-36-34-23-22-28-14-7-8-19-32(28)40(34)42(39(36)26-38(35)41)30-16-5-2-6-17-30;1-3-11-27(12-4-1)28-19-22-31(23-20-28)41-37-18-10-9-17-33(37)35-25-36-34-24-21-29-13-7-8-16-32(29)40(34)42(39(36)26-38(35)41)30-14-5-2-6-15-30/h1-24H;2*1-26H. The Morgan fingerprint density at radius 2 is 0.409 bits per heavy atom. The average Bonchev–Trinajstić information content (AvgIpc) is 1.56. The number of aromatic nitrogens is 6. The number of hydrogen-bond donors (Lipinski definition) is 0. The third-order valence-corrected chi connectivity index (χ3v) is 26.4. The summed E-state index contributed by atoms with van der Waals surface area (Å²) in [6, 6.07) is 167. The van der Waals surface area contributed by atoms with Gasteiger partial charge in [0.05, 0.1) is 66.2 Å². The van der Waals surface area contributed by atoms with Crippen LogP contribution in [0.2, 0.25) is 0 Å². The first-order valence-electron chi connectivity index (χ1n) is 43.6. The molecule has 7 heteroatoms. The zero-order valence-electron chi connectivity index (χ0n) is 69.0. The topological polar surface area (TPSA) is 42.7 Å². The van der Waals surface area contributed by atoms with E-state index in [0.29, 0.717) is 0 Å². The van der Waals surface area contributed by atoms with Crippen molar-refractivity contribution in [1.29, 1.82) is 0 Å². The fraction of sp³-hybridized carbons (Fsp3) is 0. The van der Waals surface area contributed by atoms with E-state index in [1.165, 1.54) is 197 Å². The van der Waals surface area contributed by atoms with Gasteiger partial charge in [0.2, 0.25) is 0 Å². The molecule has 0 atom stereocenters. The van der Waals surface area contributed by atoms with Gasteiger partial charge in [0.1, 0.15) is 11.2 Å². The molecular formula is C120H76N6O. The summed E-state index contributed by atoms with van der Waals surface area (Å²) in [7, 11) is 0. The molecule has 0 saturated heterocycles. The quantitative estimate of drug-likeness (QED) is 0.149. The van der Waals surface area contributed by atoms with E-state index in [0.717, 1.165) is 44.7 Å². The van der Waals surface area contributed by atoms with Crippen LogP contribution in [0.25, 0.3) is 241 Å². The molecule has 0 bridgehead atoms. The summed E-state index contributed by atoms with van der Waals surface area (Å²) in [5, 5.41) is 25.0. The molecule has 7 heterocycles. The first-order chi connectivity index (χ1) is 63.0. The maximum Gasteiger partial charge on any atom is 0.135 e. The minimum atomic E-state index is 0.907. The van der Waals surface area contributed by atoms with Crippen molar-refractivity contribution in [2.45, 2.75) is 0 Å². The van der Waals surface area contributed by atoms with Crippen molar-refractivity contribution >= 4 is 185 Å². The van der Waals surface area contributed by atoms with Crippen LogP contribution >= 0.6 is 0 Å². The van der Waals surface area contributed by atoms with E-state index in [1.54, 1.807) is 0 Å². The summed E-state index contributed by atoms with van der Waals surface area (Å²) >= 11 is 0. The summed E-state index contributed by atoms with van der Waals surface area (Å²) in [6.07, 6.45) is 0. The van der Waals surface area contributed by atoms with Crippen LogP contribution in [0.3, 0.4) is 0 Å². The molecule has 0 N–H and O–H groups in total. The van der Waals surface area contributed by atoms with Crippen LogP contribution in [0.15, 0.2) is 465 Å². The van der Waals surface area contributed by atoms with Crippen LogP contribution < -0.4 is 0 Å². The van der Waals surface area contributed by atoms with Gasteiger partial charge in [0.15, 0.2) is 0 Å². The third kappa shape index (κ3) is 11.3. The van der Waals surface area contributed by atoms with E-state index in [1.807, 2.05) is 12.1 Å². The highest BCUT2D eigenvalue weighted by Gasteiger charge is 2.26. The normalized spacial score (nSPS) is 11.9. The average molecular weight is 1620 g/mol. The van der Waals surface area contributed by atoms with Gasteiger partial charge >= 0.3 is 0 Å². The molecule has 0 aliphatic rings. The number of nitrogens with zero attached hydrogens (tertiary/aromatic N) is 6. The van der Waals surface area contributed by atoms with E-state index in [-0.39, 0.29) is 0 Å². The molecule has 0 saturated carbocycles. The molecule has 7 nitrogen and oxygen atoms in total. The van der Waals surface area contributed by atoms with Crippen molar-refractivity contribution in [3.8, 4) is 56.4 Å². The molecule has 592 valence electrons. The lowest BCUT2D eigenvalue weighted by Gasteiger charge is -2.12. The Balaban J connectivity index is 0.000000101. The van der Waals surface area contributed by atoms with Gasteiger partial charge in [-0.2, -0.15) is 0 Å². The van der Waals surface area contributed by atoms with Crippen LogP contribution in [-0.2, 0) is 0 Å². The van der Waals surface area contributed by atoms with Crippen LogP contribution in [0.1, 0.15) is 0 Å². The Morgan fingerprint density at radius 1 is 0.126 bits per heavy atom. The molecule has 0 aliphatic heterocycles. The van der Waals surface area contributed by atoms with E-state index >= 15 is 0 Å². The van der Waals surface area contributed by atoms with Crippen LogP contribution in [0, 0.1) is 0 Å². The van der Waals surface area contributed by atoms with Gasteiger partial charge in [-0.25, -0.2) is 0 Å². The molecule has 0 amide bonds. The smallest absolute Gasteiger partial charge is 0.135 e. The summed E-state index contributed by atoms with van der Waals surface area (Å²) < 4.78 is 20.8. The van der Waals surface area contributed by atoms with Gasteiger partial charge in [0, 0.05) is 126 Å². The molecule has 0 fully saturated rings. The Morgan fingerprint density at radius 3 is 0.835 bits per heavy atom. The minimum absolute atomic E-state index is 0.907. The predicted molar refractivity (Wildman–Crippen MR) is 536 cm³/mol. The number of hydrogen-bond acceptors (Lipinski definition) is 1. The zero-order chi connectivity index (χ0) is 83.3. The summed E-state index contributed by atoms with van der Waals surface area (Å²) in [4.78, 5) is 0. The van der Waals surface area contributed by atoms with Crippen LogP contribution in [0.5, 0.6) is 0 Å². The van der Waals surface area contributed by atoms with Gasteiger partial charge in [-0.15, -0.1) is 0 Å². The number of fused-ring (bicyclic) bond motifs is 27. The van der Waals surface area contributed by atoms with Gasteiger partial charge in [-0.1, -0.05) is 322 Å². The van der Waals surface area contributed by atoms with E-state index in [2.05, 4.69) is 476 Å². The SMILES string of the molecule is c1ccc(-c2ccc(-n3c4ccccc4c4cc5c6ccc7ccccc7c6n(-c6ccccc6)c5cc43)cc2)cc1.c1ccc(-c2cccc(-n3c4ccccc4c4cc5c6ccc7ccccc7c6n(-c6ccccc6)c5cc43)c2)cc1.c1ccc(-n2c3cc4c(cc3c3ccc5ccccc5c32)c2ccccc2n4-c2ccc3oc4ccccc4c3c2)cc1. The molecule has 21 aromatic carbocycles. The highest BCUT2D eigenvalue weighted by molar-refractivity contribution is 6.27. The second-order valence-corrected chi connectivity index (χ2v) is 33.4. The Kier molecular flexibility index (Phi) is 16.3. The largest absolute Gasteiger partial charge is 0.456 e.